The summed E-state index contributed by atoms with van der Waals surface area (Å²) in [5.74, 6) is 1.02. The van der Waals surface area contributed by atoms with Crippen LogP contribution in [-0.4, -0.2) is 59.0 Å². The van der Waals surface area contributed by atoms with Crippen molar-refractivity contribution in [2.75, 3.05) is 45.3 Å². The summed E-state index contributed by atoms with van der Waals surface area (Å²) in [5, 5.41) is 0. The van der Waals surface area contributed by atoms with Gasteiger partial charge in [0.25, 0.3) is 10.2 Å². The molecule has 0 unspecified atom stereocenters. The van der Waals surface area contributed by atoms with Crippen molar-refractivity contribution in [3.05, 3.63) is 18.2 Å². The molecule has 8 nitrogen and oxygen atoms in total. The molecule has 1 amide bonds. The van der Waals surface area contributed by atoms with Crippen molar-refractivity contribution in [2.45, 2.75) is 6.92 Å². The standard InChI is InChI=1S/C14H21N3O5S/c1-11(18)17(7-6-15-23(19,20)16(2)3)12-4-5-13-14(10-12)22-9-8-21-13/h4-5,10,15H,6-9H2,1-3H3. The van der Waals surface area contributed by atoms with E-state index in [2.05, 4.69) is 4.72 Å². The van der Waals surface area contributed by atoms with Crippen molar-refractivity contribution in [1.82, 2.24) is 9.03 Å². The minimum Gasteiger partial charge on any atom is -0.486 e. The number of fused-ring (bicyclic) bond motifs is 1. The maximum atomic E-state index is 11.9. The van der Waals surface area contributed by atoms with Gasteiger partial charge < -0.3 is 14.4 Å². The first-order chi connectivity index (χ1) is 10.8. The number of hydrogen-bond acceptors (Lipinski definition) is 5. The lowest BCUT2D eigenvalue weighted by atomic mass is 10.2. The Balaban J connectivity index is 2.08. The molecule has 0 saturated heterocycles. The minimum absolute atomic E-state index is 0.106. The molecule has 0 fully saturated rings. The van der Waals surface area contributed by atoms with E-state index in [1.54, 1.807) is 18.2 Å². The quantitative estimate of drug-likeness (QED) is 0.797. The number of nitrogens with one attached hydrogen (secondary N) is 1. The predicted octanol–water partition coefficient (Wildman–Crippen LogP) is 0.207. The summed E-state index contributed by atoms with van der Waals surface area (Å²) in [6.07, 6.45) is 0. The Morgan fingerprint density at radius 1 is 1.22 bits per heavy atom. The SMILES string of the molecule is CC(=O)N(CCNS(=O)(=O)N(C)C)c1ccc2c(c1)OCCO2. The lowest BCUT2D eigenvalue weighted by Gasteiger charge is -2.24. The zero-order valence-corrected chi connectivity index (χ0v) is 14.2. The third-order valence-corrected chi connectivity index (χ3v) is 4.85. The molecule has 0 spiro atoms. The highest BCUT2D eigenvalue weighted by atomic mass is 32.2. The molecule has 1 aliphatic heterocycles. The van der Waals surface area contributed by atoms with Crippen LogP contribution in [0.3, 0.4) is 0 Å². The van der Waals surface area contributed by atoms with E-state index in [0.29, 0.717) is 30.4 Å². The zero-order valence-electron chi connectivity index (χ0n) is 13.4. The van der Waals surface area contributed by atoms with Gasteiger partial charge in [0, 0.05) is 45.9 Å². The Morgan fingerprint density at radius 2 is 1.87 bits per heavy atom. The number of rotatable bonds is 6. The van der Waals surface area contributed by atoms with Crippen molar-refractivity contribution in [3.8, 4) is 11.5 Å². The van der Waals surface area contributed by atoms with Gasteiger partial charge in [-0.05, 0) is 12.1 Å². The van der Waals surface area contributed by atoms with Gasteiger partial charge in [-0.25, -0.2) is 4.72 Å². The number of anilines is 1. The van der Waals surface area contributed by atoms with E-state index in [4.69, 9.17) is 9.47 Å². The fourth-order valence-corrected chi connectivity index (χ4v) is 2.69. The second-order valence-corrected chi connectivity index (χ2v) is 7.15. The highest BCUT2D eigenvalue weighted by Crippen LogP contribution is 2.33. The fraction of sp³-hybridized carbons (Fsp3) is 0.500. The van der Waals surface area contributed by atoms with E-state index < -0.39 is 10.2 Å². The molecule has 1 aliphatic rings. The first-order valence-electron chi connectivity index (χ1n) is 7.16. The van der Waals surface area contributed by atoms with Crippen LogP contribution in [0, 0.1) is 0 Å². The van der Waals surface area contributed by atoms with Crippen molar-refractivity contribution in [2.24, 2.45) is 0 Å². The van der Waals surface area contributed by atoms with E-state index in [1.165, 1.54) is 25.9 Å². The van der Waals surface area contributed by atoms with Gasteiger partial charge >= 0.3 is 0 Å². The largest absolute Gasteiger partial charge is 0.486 e. The molecule has 1 heterocycles. The molecule has 9 heteroatoms. The third-order valence-electron chi connectivity index (χ3n) is 3.32. The summed E-state index contributed by atoms with van der Waals surface area (Å²) < 4.78 is 37.8. The monoisotopic (exact) mass is 343 g/mol. The topological polar surface area (TPSA) is 88.2 Å². The maximum Gasteiger partial charge on any atom is 0.278 e. The normalized spacial score (nSPS) is 13.9. The van der Waals surface area contributed by atoms with E-state index in [-0.39, 0.29) is 19.0 Å². The Kier molecular flexibility index (Phi) is 5.45. The Morgan fingerprint density at radius 3 is 2.48 bits per heavy atom. The summed E-state index contributed by atoms with van der Waals surface area (Å²) in [6.45, 7) is 2.70. The van der Waals surface area contributed by atoms with Crippen LogP contribution in [0.2, 0.25) is 0 Å². The molecule has 128 valence electrons. The second kappa shape index (κ2) is 7.16. The molecular weight excluding hydrogens is 322 g/mol. The van der Waals surface area contributed by atoms with Crippen LogP contribution in [0.4, 0.5) is 5.69 Å². The maximum absolute atomic E-state index is 11.9. The van der Waals surface area contributed by atoms with E-state index in [1.807, 2.05) is 0 Å². The summed E-state index contributed by atoms with van der Waals surface area (Å²) >= 11 is 0. The Hall–Kier alpha value is -1.84. The Labute approximate surface area is 136 Å². The van der Waals surface area contributed by atoms with Gasteiger partial charge in [0.15, 0.2) is 11.5 Å². The number of amides is 1. The lowest BCUT2D eigenvalue weighted by Crippen LogP contribution is -2.41. The minimum atomic E-state index is -3.52. The molecule has 0 saturated carbocycles. The molecule has 1 aromatic carbocycles. The highest BCUT2D eigenvalue weighted by Gasteiger charge is 2.18. The molecule has 1 aromatic rings. The van der Waals surface area contributed by atoms with Crippen molar-refractivity contribution < 1.29 is 22.7 Å². The second-order valence-electron chi connectivity index (χ2n) is 5.18. The Bertz CT molecular complexity index is 675. The van der Waals surface area contributed by atoms with Crippen LogP contribution < -0.4 is 19.1 Å². The summed E-state index contributed by atoms with van der Waals surface area (Å²) in [5.41, 5.74) is 0.630. The van der Waals surface area contributed by atoms with Gasteiger partial charge in [-0.1, -0.05) is 0 Å². The van der Waals surface area contributed by atoms with Gasteiger partial charge in [-0.15, -0.1) is 0 Å². The number of benzene rings is 1. The molecule has 0 bridgehead atoms. The predicted molar refractivity (Wildman–Crippen MR) is 86.1 cm³/mol. The third kappa shape index (κ3) is 4.34. The molecule has 0 atom stereocenters. The van der Waals surface area contributed by atoms with Gasteiger partial charge in [-0.3, -0.25) is 4.79 Å². The lowest BCUT2D eigenvalue weighted by molar-refractivity contribution is -0.116. The molecule has 1 N–H and O–H groups in total. The summed E-state index contributed by atoms with van der Waals surface area (Å²) in [4.78, 5) is 13.4. The zero-order chi connectivity index (χ0) is 17.0. The molecular formula is C14H21N3O5S. The van der Waals surface area contributed by atoms with Crippen LogP contribution in [0.25, 0.3) is 0 Å². The number of hydrogen-bond donors (Lipinski definition) is 1. The molecule has 2 rings (SSSR count). The first-order valence-corrected chi connectivity index (χ1v) is 8.60. The van der Waals surface area contributed by atoms with Crippen molar-refractivity contribution in [3.63, 3.8) is 0 Å². The van der Waals surface area contributed by atoms with Crippen molar-refractivity contribution in [1.29, 1.82) is 0 Å². The van der Waals surface area contributed by atoms with Crippen LogP contribution in [0.1, 0.15) is 6.92 Å². The van der Waals surface area contributed by atoms with E-state index >= 15 is 0 Å². The molecule has 0 aromatic heterocycles. The van der Waals surface area contributed by atoms with E-state index in [0.717, 1.165) is 4.31 Å². The van der Waals surface area contributed by atoms with E-state index in [9.17, 15) is 13.2 Å². The van der Waals surface area contributed by atoms with Crippen molar-refractivity contribution >= 4 is 21.8 Å². The molecule has 23 heavy (non-hydrogen) atoms. The molecule has 0 aliphatic carbocycles. The number of carbonyl (C=O) groups is 1. The smallest absolute Gasteiger partial charge is 0.278 e. The molecule has 0 radical (unpaired) electrons. The van der Waals surface area contributed by atoms with Crippen LogP contribution >= 0.6 is 0 Å². The average molecular weight is 343 g/mol. The average Bonchev–Trinajstić information content (AvgIpc) is 2.50. The number of nitrogens with zero attached hydrogens (tertiary/aromatic N) is 2. The van der Waals surface area contributed by atoms with Crippen LogP contribution in [-0.2, 0) is 15.0 Å². The summed E-state index contributed by atoms with van der Waals surface area (Å²) in [6, 6.07) is 5.20. The van der Waals surface area contributed by atoms with Gasteiger partial charge in [0.2, 0.25) is 5.91 Å². The summed E-state index contributed by atoms with van der Waals surface area (Å²) in [7, 11) is -0.643. The fourth-order valence-electron chi connectivity index (χ4n) is 2.08. The van der Waals surface area contributed by atoms with Crippen LogP contribution in [0.15, 0.2) is 18.2 Å². The number of carbonyl (C=O) groups excluding carboxylic acids is 1. The van der Waals surface area contributed by atoms with Gasteiger partial charge in [-0.2, -0.15) is 12.7 Å². The number of ether oxygens (including phenoxy) is 2. The first kappa shape index (κ1) is 17.5. The highest BCUT2D eigenvalue weighted by molar-refractivity contribution is 7.87. The van der Waals surface area contributed by atoms with Gasteiger partial charge in [0.05, 0.1) is 0 Å². The van der Waals surface area contributed by atoms with Gasteiger partial charge in [0.1, 0.15) is 13.2 Å². The van der Waals surface area contributed by atoms with Crippen LogP contribution in [0.5, 0.6) is 11.5 Å².